The van der Waals surface area contributed by atoms with Crippen molar-refractivity contribution in [3.05, 3.63) is 0 Å². The molecule has 0 aromatic rings. The summed E-state index contributed by atoms with van der Waals surface area (Å²) in [5.74, 6) is -0.560. The Balaban J connectivity index is 2.68. The van der Waals surface area contributed by atoms with Gasteiger partial charge in [-0.1, -0.05) is 34.8 Å². The lowest BCUT2D eigenvalue weighted by Gasteiger charge is -2.23. The minimum Gasteiger partial charge on any atom is -0.473 e. The van der Waals surface area contributed by atoms with Crippen LogP contribution in [-0.2, 0) is 14.3 Å². The van der Waals surface area contributed by atoms with Crippen LogP contribution in [0.15, 0.2) is 4.99 Å². The largest absolute Gasteiger partial charge is 0.473 e. The van der Waals surface area contributed by atoms with Crippen molar-refractivity contribution in [1.29, 1.82) is 0 Å². The maximum absolute atomic E-state index is 11.5. The van der Waals surface area contributed by atoms with Crippen molar-refractivity contribution in [3.8, 4) is 0 Å². The molecule has 1 aliphatic rings. The summed E-state index contributed by atoms with van der Waals surface area (Å²) in [4.78, 5) is 15.3. The van der Waals surface area contributed by atoms with E-state index in [0.29, 0.717) is 0 Å². The van der Waals surface area contributed by atoms with E-state index in [4.69, 9.17) is 44.3 Å². The van der Waals surface area contributed by atoms with Gasteiger partial charge in [-0.25, -0.2) is 9.79 Å². The van der Waals surface area contributed by atoms with Crippen LogP contribution in [-0.4, -0.2) is 34.4 Å². The minimum absolute atomic E-state index is 0.246. The number of ether oxygens (including phenoxy) is 2. The van der Waals surface area contributed by atoms with E-state index in [0.717, 1.165) is 6.40 Å². The zero-order valence-electron chi connectivity index (χ0n) is 8.12. The quantitative estimate of drug-likeness (QED) is 0.572. The van der Waals surface area contributed by atoms with E-state index < -0.39 is 21.9 Å². The normalized spacial score (nSPS) is 25.5. The highest BCUT2D eigenvalue weighted by Crippen LogP contribution is 2.36. The van der Waals surface area contributed by atoms with Gasteiger partial charge in [0.25, 0.3) is 0 Å². The minimum atomic E-state index is -1.71. The second kappa shape index (κ2) is 4.76. The lowest BCUT2D eigenvalue weighted by Crippen LogP contribution is -2.41. The van der Waals surface area contributed by atoms with Gasteiger partial charge in [0.15, 0.2) is 18.5 Å². The van der Waals surface area contributed by atoms with Crippen molar-refractivity contribution in [3.63, 3.8) is 0 Å². The molecule has 0 aliphatic carbocycles. The highest BCUT2D eigenvalue weighted by atomic mass is 35.6. The van der Waals surface area contributed by atoms with Crippen molar-refractivity contribution in [2.45, 2.75) is 35.9 Å². The van der Waals surface area contributed by atoms with Gasteiger partial charge in [0.05, 0.1) is 6.10 Å². The molecule has 0 saturated carbocycles. The second-order valence-electron chi connectivity index (χ2n) is 3.28. The van der Waals surface area contributed by atoms with Gasteiger partial charge < -0.3 is 9.47 Å². The predicted molar refractivity (Wildman–Crippen MR) is 58.7 cm³/mol. The number of hydrogen-bond donors (Lipinski definition) is 0. The third-order valence-corrected chi connectivity index (χ3v) is 2.28. The monoisotopic (exact) mass is 273 g/mol. The first kappa shape index (κ1) is 12.9. The maximum atomic E-state index is 11.5. The topological polar surface area (TPSA) is 47.9 Å². The van der Waals surface area contributed by atoms with Crippen LogP contribution in [0, 0.1) is 0 Å². The van der Waals surface area contributed by atoms with Crippen LogP contribution in [0.4, 0.5) is 0 Å². The van der Waals surface area contributed by atoms with Crippen LogP contribution in [0.2, 0.25) is 0 Å². The third kappa shape index (κ3) is 3.40. The first-order valence-electron chi connectivity index (χ1n) is 4.26. The molecular weight excluding hydrogens is 264 g/mol. The van der Waals surface area contributed by atoms with Crippen molar-refractivity contribution in [2.75, 3.05) is 0 Å². The molecule has 0 N–H and O–H groups in total. The first-order valence-corrected chi connectivity index (χ1v) is 5.40. The molecular formula is C8H10Cl3NO3. The van der Waals surface area contributed by atoms with Gasteiger partial charge in [0.2, 0.25) is 3.79 Å². The fraction of sp³-hybridized carbons (Fsp3) is 0.750. The van der Waals surface area contributed by atoms with Crippen molar-refractivity contribution >= 4 is 47.2 Å². The Morgan fingerprint density at radius 2 is 2.13 bits per heavy atom. The fourth-order valence-electron chi connectivity index (χ4n) is 1.06. The zero-order chi connectivity index (χ0) is 11.6. The van der Waals surface area contributed by atoms with Gasteiger partial charge in [0.1, 0.15) is 0 Å². The lowest BCUT2D eigenvalue weighted by molar-refractivity contribution is -0.150. The zero-order valence-corrected chi connectivity index (χ0v) is 10.4. The molecule has 0 aromatic heterocycles. The molecule has 4 nitrogen and oxygen atoms in total. The number of halogens is 3. The summed E-state index contributed by atoms with van der Waals surface area (Å²) < 4.78 is 8.18. The average molecular weight is 275 g/mol. The van der Waals surface area contributed by atoms with E-state index in [1.165, 1.54) is 0 Å². The van der Waals surface area contributed by atoms with Crippen molar-refractivity contribution in [2.24, 2.45) is 4.99 Å². The molecule has 0 unspecified atom stereocenters. The summed E-state index contributed by atoms with van der Waals surface area (Å²) in [6.45, 7) is 3.45. The smallest absolute Gasteiger partial charge is 0.335 e. The molecule has 0 saturated heterocycles. The highest BCUT2D eigenvalue weighted by Gasteiger charge is 2.47. The van der Waals surface area contributed by atoms with Crippen LogP contribution in [0.5, 0.6) is 0 Å². The number of hydrogen-bond acceptors (Lipinski definition) is 4. The van der Waals surface area contributed by atoms with Crippen LogP contribution >= 0.6 is 34.8 Å². The molecule has 0 radical (unpaired) electrons. The van der Waals surface area contributed by atoms with Crippen LogP contribution in [0.1, 0.15) is 13.8 Å². The molecule has 1 heterocycles. The van der Waals surface area contributed by atoms with E-state index in [9.17, 15) is 4.79 Å². The SMILES string of the molecule is CC(C)OC(=O)[C@@H]1N=CO[C@H]1C(Cl)(Cl)Cl. The Bertz CT molecular complexity index is 275. The lowest BCUT2D eigenvalue weighted by atomic mass is 10.2. The Kier molecular flexibility index (Phi) is 4.09. The molecule has 0 spiro atoms. The summed E-state index contributed by atoms with van der Waals surface area (Å²) in [6.07, 6.45) is -0.0863. The number of aliphatic imine (C=N–C) groups is 1. The predicted octanol–water partition coefficient (Wildman–Crippen LogP) is 2.10. The molecule has 86 valence electrons. The summed E-state index contributed by atoms with van der Waals surface area (Å²) in [5, 5.41) is 0. The van der Waals surface area contributed by atoms with Gasteiger partial charge in [-0.3, -0.25) is 0 Å². The summed E-state index contributed by atoms with van der Waals surface area (Å²) in [7, 11) is 0. The van der Waals surface area contributed by atoms with Crippen LogP contribution in [0.25, 0.3) is 0 Å². The van der Waals surface area contributed by atoms with Gasteiger partial charge >= 0.3 is 5.97 Å². The van der Waals surface area contributed by atoms with Crippen LogP contribution in [0.3, 0.4) is 0 Å². The summed E-state index contributed by atoms with van der Waals surface area (Å²) >= 11 is 16.9. The maximum Gasteiger partial charge on any atom is 0.335 e. The van der Waals surface area contributed by atoms with Crippen LogP contribution < -0.4 is 0 Å². The third-order valence-electron chi connectivity index (χ3n) is 1.63. The number of nitrogens with zero attached hydrogens (tertiary/aromatic N) is 1. The van der Waals surface area contributed by atoms with Crippen molar-refractivity contribution < 1.29 is 14.3 Å². The molecule has 0 aromatic carbocycles. The van der Waals surface area contributed by atoms with E-state index in [1.807, 2.05) is 0 Å². The Hall–Kier alpha value is -0.190. The molecule has 7 heteroatoms. The van der Waals surface area contributed by atoms with Gasteiger partial charge in [-0.15, -0.1) is 0 Å². The number of alkyl halides is 3. The Morgan fingerprint density at radius 3 is 2.60 bits per heavy atom. The number of esters is 1. The van der Waals surface area contributed by atoms with E-state index in [1.54, 1.807) is 13.8 Å². The van der Waals surface area contributed by atoms with E-state index >= 15 is 0 Å². The van der Waals surface area contributed by atoms with Crippen molar-refractivity contribution in [1.82, 2.24) is 0 Å². The number of rotatable bonds is 2. The molecule has 0 amide bonds. The van der Waals surface area contributed by atoms with E-state index in [2.05, 4.69) is 4.99 Å². The number of carbonyl (C=O) groups is 1. The van der Waals surface area contributed by atoms with Gasteiger partial charge in [-0.05, 0) is 13.8 Å². The molecule has 15 heavy (non-hydrogen) atoms. The first-order chi connectivity index (χ1) is 6.82. The average Bonchev–Trinajstić information content (AvgIpc) is 2.48. The highest BCUT2D eigenvalue weighted by molar-refractivity contribution is 6.68. The van der Waals surface area contributed by atoms with Gasteiger partial charge in [0, 0.05) is 0 Å². The number of carbonyl (C=O) groups excluding carboxylic acids is 1. The molecule has 1 rings (SSSR count). The molecule has 1 aliphatic heterocycles. The Morgan fingerprint density at radius 1 is 1.53 bits per heavy atom. The molecule has 0 fully saturated rings. The second-order valence-corrected chi connectivity index (χ2v) is 5.65. The Labute approximate surface area is 102 Å². The molecule has 2 atom stereocenters. The summed E-state index contributed by atoms with van der Waals surface area (Å²) in [6, 6.07) is -0.917. The molecule has 0 bridgehead atoms. The van der Waals surface area contributed by atoms with E-state index in [-0.39, 0.29) is 6.10 Å². The fourth-order valence-corrected chi connectivity index (χ4v) is 1.57. The summed E-state index contributed by atoms with van der Waals surface area (Å²) in [5.41, 5.74) is 0. The standard InChI is InChI=1S/C8H10Cl3NO3/c1-4(2)15-7(13)5-6(8(9,10)11)14-3-12-5/h3-6H,1-2H3/t5-,6-/m1/s1. The van der Waals surface area contributed by atoms with Gasteiger partial charge in [-0.2, -0.15) is 0 Å².